The van der Waals surface area contributed by atoms with Gasteiger partial charge in [0, 0.05) is 11.3 Å². The maximum absolute atomic E-state index is 10.7. The molecule has 0 bridgehead atoms. The first-order valence-corrected chi connectivity index (χ1v) is 8.32. The van der Waals surface area contributed by atoms with E-state index in [0.29, 0.717) is 24.5 Å². The molecule has 2 rings (SSSR count). The summed E-state index contributed by atoms with van der Waals surface area (Å²) >= 11 is 0. The molecule has 0 radical (unpaired) electrons. The van der Waals surface area contributed by atoms with E-state index < -0.39 is 0 Å². The first-order valence-electron chi connectivity index (χ1n) is 8.32. The zero-order chi connectivity index (χ0) is 18.9. The molecule has 0 unspecified atom stereocenters. The third-order valence-corrected chi connectivity index (χ3v) is 3.77. The van der Waals surface area contributed by atoms with Crippen LogP contribution < -0.4 is 9.47 Å². The lowest BCUT2D eigenvalue weighted by atomic mass is 10.0. The van der Waals surface area contributed by atoms with Crippen LogP contribution in [0.1, 0.15) is 23.6 Å². The van der Waals surface area contributed by atoms with Gasteiger partial charge in [-0.1, -0.05) is 54.6 Å². The van der Waals surface area contributed by atoms with Gasteiger partial charge in [-0.3, -0.25) is 10.1 Å². The second-order valence-electron chi connectivity index (χ2n) is 5.96. The molecule has 5 heteroatoms. The van der Waals surface area contributed by atoms with Crippen molar-refractivity contribution in [1.29, 1.82) is 0 Å². The standard InChI is InChI=1S/C21H23NO4/c1-16(2)9-10-18-14-21(26-15-17-7-5-4-6-8-17)20(25-3)13-19(18)11-12-22(23)24/h4-10,13-14H,1,11-12,15H2,2-3H3/b10-9+. The molecule has 26 heavy (non-hydrogen) atoms. The van der Waals surface area contributed by atoms with Gasteiger partial charge in [0.05, 0.1) is 7.11 Å². The summed E-state index contributed by atoms with van der Waals surface area (Å²) in [7, 11) is 1.56. The number of methoxy groups -OCH3 is 1. The molecule has 0 fully saturated rings. The van der Waals surface area contributed by atoms with Gasteiger partial charge in [0.2, 0.25) is 6.54 Å². The van der Waals surface area contributed by atoms with E-state index in [1.54, 1.807) is 7.11 Å². The van der Waals surface area contributed by atoms with Crippen molar-refractivity contribution in [2.45, 2.75) is 20.0 Å². The van der Waals surface area contributed by atoms with E-state index in [4.69, 9.17) is 9.47 Å². The van der Waals surface area contributed by atoms with Crippen molar-refractivity contribution in [3.8, 4) is 11.5 Å². The number of nitro groups is 1. The third-order valence-electron chi connectivity index (χ3n) is 3.77. The molecular weight excluding hydrogens is 330 g/mol. The largest absolute Gasteiger partial charge is 0.493 e. The number of ether oxygens (including phenoxy) is 2. The molecule has 0 N–H and O–H groups in total. The van der Waals surface area contributed by atoms with Crippen LogP contribution in [0.25, 0.3) is 6.08 Å². The van der Waals surface area contributed by atoms with Crippen molar-refractivity contribution in [1.82, 2.24) is 0 Å². The highest BCUT2D eigenvalue weighted by molar-refractivity contribution is 5.62. The predicted molar refractivity (Wildman–Crippen MR) is 103 cm³/mol. The summed E-state index contributed by atoms with van der Waals surface area (Å²) in [5.41, 5.74) is 3.64. The van der Waals surface area contributed by atoms with Crippen LogP contribution in [0, 0.1) is 10.1 Å². The Morgan fingerprint density at radius 1 is 1.23 bits per heavy atom. The van der Waals surface area contributed by atoms with Gasteiger partial charge >= 0.3 is 0 Å². The van der Waals surface area contributed by atoms with Gasteiger partial charge in [-0.2, -0.15) is 0 Å². The average Bonchev–Trinajstić information content (AvgIpc) is 2.63. The Bertz CT molecular complexity index is 797. The molecule has 0 aromatic heterocycles. The number of rotatable bonds is 9. The quantitative estimate of drug-likeness (QED) is 0.373. The summed E-state index contributed by atoms with van der Waals surface area (Å²) in [6.07, 6.45) is 4.09. The van der Waals surface area contributed by atoms with Crippen LogP contribution in [0.5, 0.6) is 11.5 Å². The summed E-state index contributed by atoms with van der Waals surface area (Å²) in [6, 6.07) is 13.5. The smallest absolute Gasteiger partial charge is 0.207 e. The summed E-state index contributed by atoms with van der Waals surface area (Å²) in [6.45, 7) is 6.02. The first kappa shape index (κ1) is 19.2. The Morgan fingerprint density at radius 2 is 1.96 bits per heavy atom. The lowest BCUT2D eigenvalue weighted by Crippen LogP contribution is -2.06. The van der Waals surface area contributed by atoms with E-state index in [-0.39, 0.29) is 11.5 Å². The number of hydrogen-bond acceptors (Lipinski definition) is 4. The predicted octanol–water partition coefficient (Wildman–Crippen LogP) is 4.68. The normalized spacial score (nSPS) is 10.7. The van der Waals surface area contributed by atoms with Crippen molar-refractivity contribution in [2.24, 2.45) is 0 Å². The van der Waals surface area contributed by atoms with Crippen LogP contribution >= 0.6 is 0 Å². The molecule has 2 aromatic carbocycles. The van der Waals surface area contributed by atoms with E-state index >= 15 is 0 Å². The lowest BCUT2D eigenvalue weighted by molar-refractivity contribution is -0.479. The van der Waals surface area contributed by atoms with Gasteiger partial charge in [0.25, 0.3) is 0 Å². The first-order chi connectivity index (χ1) is 12.5. The van der Waals surface area contributed by atoms with Crippen molar-refractivity contribution in [3.63, 3.8) is 0 Å². The minimum Gasteiger partial charge on any atom is -0.493 e. The minimum absolute atomic E-state index is 0.138. The molecule has 0 atom stereocenters. The summed E-state index contributed by atoms with van der Waals surface area (Å²) in [5.74, 6) is 1.16. The van der Waals surface area contributed by atoms with Gasteiger partial charge in [-0.25, -0.2) is 0 Å². The highest BCUT2D eigenvalue weighted by atomic mass is 16.6. The van der Waals surface area contributed by atoms with Crippen LogP contribution in [0.4, 0.5) is 0 Å². The fourth-order valence-electron chi connectivity index (χ4n) is 2.44. The van der Waals surface area contributed by atoms with E-state index in [2.05, 4.69) is 6.58 Å². The molecule has 2 aromatic rings. The van der Waals surface area contributed by atoms with Crippen LogP contribution in [0.3, 0.4) is 0 Å². The Labute approximate surface area is 153 Å². The van der Waals surface area contributed by atoms with Crippen molar-refractivity contribution < 1.29 is 14.4 Å². The summed E-state index contributed by atoms with van der Waals surface area (Å²) in [5, 5.41) is 10.7. The maximum Gasteiger partial charge on any atom is 0.207 e. The average molecular weight is 353 g/mol. The monoisotopic (exact) mass is 353 g/mol. The number of hydrogen-bond donors (Lipinski definition) is 0. The van der Waals surface area contributed by atoms with Crippen molar-refractivity contribution >= 4 is 6.08 Å². The van der Waals surface area contributed by atoms with E-state index in [9.17, 15) is 10.1 Å². The van der Waals surface area contributed by atoms with Crippen molar-refractivity contribution in [2.75, 3.05) is 13.7 Å². The highest BCUT2D eigenvalue weighted by Gasteiger charge is 2.12. The summed E-state index contributed by atoms with van der Waals surface area (Å²) < 4.78 is 11.4. The van der Waals surface area contributed by atoms with Gasteiger partial charge in [0.1, 0.15) is 6.61 Å². The molecule has 0 amide bonds. The van der Waals surface area contributed by atoms with E-state index in [1.165, 1.54) is 0 Å². The fraction of sp³-hybridized carbons (Fsp3) is 0.238. The van der Waals surface area contributed by atoms with Crippen molar-refractivity contribution in [3.05, 3.63) is 87.5 Å². The van der Waals surface area contributed by atoms with Gasteiger partial charge in [-0.15, -0.1) is 0 Å². The minimum atomic E-state index is -0.321. The van der Waals surface area contributed by atoms with Crippen LogP contribution in [-0.4, -0.2) is 18.6 Å². The lowest BCUT2D eigenvalue weighted by Gasteiger charge is -2.14. The molecule has 0 saturated heterocycles. The molecule has 0 aliphatic rings. The highest BCUT2D eigenvalue weighted by Crippen LogP contribution is 2.32. The van der Waals surface area contributed by atoms with Crippen LogP contribution in [0.2, 0.25) is 0 Å². The number of benzene rings is 2. The molecule has 0 saturated carbocycles. The second kappa shape index (κ2) is 9.42. The maximum atomic E-state index is 10.7. The molecular formula is C21H23NO4. The van der Waals surface area contributed by atoms with Gasteiger partial charge in [0.15, 0.2) is 11.5 Å². The number of nitrogens with zero attached hydrogens (tertiary/aromatic N) is 1. The molecule has 5 nitrogen and oxygen atoms in total. The van der Waals surface area contributed by atoms with E-state index in [1.807, 2.05) is 61.5 Å². The zero-order valence-corrected chi connectivity index (χ0v) is 15.1. The van der Waals surface area contributed by atoms with E-state index in [0.717, 1.165) is 22.3 Å². The third kappa shape index (κ3) is 5.77. The SMILES string of the molecule is C=C(C)/C=C/c1cc(OCc2ccccc2)c(OC)cc1CC[N+](=O)[O-]. The van der Waals surface area contributed by atoms with Gasteiger partial charge < -0.3 is 9.47 Å². The summed E-state index contributed by atoms with van der Waals surface area (Å²) in [4.78, 5) is 10.4. The Hall–Kier alpha value is -3.08. The van der Waals surface area contributed by atoms with Crippen LogP contribution in [0.15, 0.2) is 60.7 Å². The van der Waals surface area contributed by atoms with Crippen LogP contribution in [-0.2, 0) is 13.0 Å². The molecule has 0 aliphatic heterocycles. The Morgan fingerprint density at radius 3 is 2.58 bits per heavy atom. The zero-order valence-electron chi connectivity index (χ0n) is 15.1. The number of allylic oxidation sites excluding steroid dienone is 2. The Balaban J connectivity index is 2.32. The topological polar surface area (TPSA) is 61.6 Å². The molecule has 136 valence electrons. The molecule has 0 heterocycles. The molecule has 0 spiro atoms. The molecule has 0 aliphatic carbocycles. The Kier molecular flexibility index (Phi) is 6.97. The second-order valence-corrected chi connectivity index (χ2v) is 5.96. The van der Waals surface area contributed by atoms with Gasteiger partial charge in [-0.05, 0) is 35.7 Å². The fourth-order valence-corrected chi connectivity index (χ4v) is 2.44.